The van der Waals surface area contributed by atoms with Crippen molar-refractivity contribution in [2.45, 2.75) is 25.8 Å². The minimum absolute atomic E-state index is 0.246. The van der Waals surface area contributed by atoms with E-state index in [4.69, 9.17) is 10.8 Å². The summed E-state index contributed by atoms with van der Waals surface area (Å²) in [6, 6.07) is 4.41. The highest BCUT2D eigenvalue weighted by atomic mass is 16.4. The van der Waals surface area contributed by atoms with Crippen LogP contribution in [0, 0.1) is 6.92 Å². The number of nitrogen functional groups attached to an aromatic ring is 1. The molecule has 1 fully saturated rings. The van der Waals surface area contributed by atoms with E-state index in [2.05, 4.69) is 0 Å². The molecule has 3 N–H and O–H groups in total. The Labute approximate surface area is 105 Å². The number of carbonyl (C=O) groups is 2. The summed E-state index contributed by atoms with van der Waals surface area (Å²) in [5.74, 6) is -1.19. The Morgan fingerprint density at radius 1 is 1.44 bits per heavy atom. The van der Waals surface area contributed by atoms with E-state index in [-0.39, 0.29) is 5.91 Å². The van der Waals surface area contributed by atoms with Gasteiger partial charge in [-0.3, -0.25) is 4.79 Å². The highest BCUT2D eigenvalue weighted by Gasteiger charge is 2.34. The molecule has 0 bridgehead atoms. The fourth-order valence-corrected chi connectivity index (χ4v) is 2.31. The van der Waals surface area contributed by atoms with Crippen molar-refractivity contribution in [1.29, 1.82) is 0 Å². The first kappa shape index (κ1) is 12.4. The van der Waals surface area contributed by atoms with E-state index in [0.717, 1.165) is 6.42 Å². The SMILES string of the molecule is Cc1c(N)cccc1C(=O)N1CCCC1C(=O)O. The first-order valence-corrected chi connectivity index (χ1v) is 5.91. The topological polar surface area (TPSA) is 83.6 Å². The number of hydrogen-bond donors (Lipinski definition) is 2. The minimum atomic E-state index is -0.942. The average Bonchev–Trinajstić information content (AvgIpc) is 2.81. The van der Waals surface area contributed by atoms with E-state index in [1.54, 1.807) is 25.1 Å². The largest absolute Gasteiger partial charge is 0.480 e. The number of hydrogen-bond acceptors (Lipinski definition) is 3. The molecular formula is C13H16N2O3. The van der Waals surface area contributed by atoms with Crippen LogP contribution in [0.25, 0.3) is 0 Å². The van der Waals surface area contributed by atoms with Gasteiger partial charge in [-0.2, -0.15) is 0 Å². The number of carbonyl (C=O) groups excluding carboxylic acids is 1. The van der Waals surface area contributed by atoms with Crippen LogP contribution < -0.4 is 5.73 Å². The van der Waals surface area contributed by atoms with E-state index >= 15 is 0 Å². The molecule has 1 aliphatic heterocycles. The molecule has 1 saturated heterocycles. The number of benzene rings is 1. The molecule has 1 heterocycles. The third kappa shape index (κ3) is 2.03. The second kappa shape index (κ2) is 4.68. The normalized spacial score (nSPS) is 18.9. The number of carboxylic acids is 1. The lowest BCUT2D eigenvalue weighted by molar-refractivity contribution is -0.141. The molecule has 1 unspecified atom stereocenters. The first-order valence-electron chi connectivity index (χ1n) is 5.91. The van der Waals surface area contributed by atoms with Gasteiger partial charge in [0.15, 0.2) is 0 Å². The quantitative estimate of drug-likeness (QED) is 0.772. The van der Waals surface area contributed by atoms with Crippen LogP contribution in [0.3, 0.4) is 0 Å². The van der Waals surface area contributed by atoms with Gasteiger partial charge in [0.25, 0.3) is 5.91 Å². The molecule has 5 heteroatoms. The van der Waals surface area contributed by atoms with Crippen molar-refractivity contribution in [1.82, 2.24) is 4.90 Å². The first-order chi connectivity index (χ1) is 8.52. The maximum absolute atomic E-state index is 12.3. The molecule has 1 aromatic carbocycles. The summed E-state index contributed by atoms with van der Waals surface area (Å²) in [6.07, 6.45) is 1.24. The molecule has 0 aromatic heterocycles. The lowest BCUT2D eigenvalue weighted by atomic mass is 10.1. The average molecular weight is 248 g/mol. The van der Waals surface area contributed by atoms with Gasteiger partial charge < -0.3 is 15.7 Å². The summed E-state index contributed by atoms with van der Waals surface area (Å²) in [4.78, 5) is 24.8. The monoisotopic (exact) mass is 248 g/mol. The Kier molecular flexibility index (Phi) is 3.23. The molecule has 2 rings (SSSR count). The molecular weight excluding hydrogens is 232 g/mol. The van der Waals surface area contributed by atoms with E-state index in [1.807, 2.05) is 0 Å². The van der Waals surface area contributed by atoms with Crippen LogP contribution in [0.4, 0.5) is 5.69 Å². The number of anilines is 1. The number of carboxylic acid groups (broad SMARTS) is 1. The molecule has 96 valence electrons. The van der Waals surface area contributed by atoms with Crippen LogP contribution >= 0.6 is 0 Å². The second-order valence-electron chi connectivity index (χ2n) is 4.51. The van der Waals surface area contributed by atoms with Gasteiger partial charge in [-0.15, -0.1) is 0 Å². The summed E-state index contributed by atoms with van der Waals surface area (Å²) >= 11 is 0. The van der Waals surface area contributed by atoms with Crippen molar-refractivity contribution in [2.24, 2.45) is 0 Å². The number of rotatable bonds is 2. The van der Waals surface area contributed by atoms with Gasteiger partial charge in [0.1, 0.15) is 6.04 Å². The number of nitrogens with two attached hydrogens (primary N) is 1. The van der Waals surface area contributed by atoms with E-state index in [0.29, 0.717) is 29.8 Å². The Morgan fingerprint density at radius 3 is 2.83 bits per heavy atom. The summed E-state index contributed by atoms with van der Waals surface area (Å²) in [5.41, 5.74) is 7.51. The van der Waals surface area contributed by atoms with Crippen molar-refractivity contribution in [3.63, 3.8) is 0 Å². The number of nitrogens with zero attached hydrogens (tertiary/aromatic N) is 1. The van der Waals surface area contributed by atoms with Gasteiger partial charge >= 0.3 is 5.97 Å². The van der Waals surface area contributed by atoms with E-state index in [9.17, 15) is 9.59 Å². The summed E-state index contributed by atoms with van der Waals surface area (Å²) < 4.78 is 0. The van der Waals surface area contributed by atoms with Gasteiger partial charge in [0.2, 0.25) is 0 Å². The van der Waals surface area contributed by atoms with Gasteiger partial charge in [-0.1, -0.05) is 6.07 Å². The lowest BCUT2D eigenvalue weighted by Gasteiger charge is -2.22. The zero-order chi connectivity index (χ0) is 13.3. The number of likely N-dealkylation sites (tertiary alicyclic amines) is 1. The van der Waals surface area contributed by atoms with Crippen molar-refractivity contribution < 1.29 is 14.7 Å². The van der Waals surface area contributed by atoms with Crippen molar-refractivity contribution in [3.8, 4) is 0 Å². The third-order valence-electron chi connectivity index (χ3n) is 3.40. The predicted molar refractivity (Wildman–Crippen MR) is 67.3 cm³/mol. The molecule has 1 amide bonds. The predicted octanol–water partition coefficient (Wildman–Crippen LogP) is 1.27. The van der Waals surface area contributed by atoms with Crippen molar-refractivity contribution in [2.75, 3.05) is 12.3 Å². The van der Waals surface area contributed by atoms with E-state index < -0.39 is 12.0 Å². The Morgan fingerprint density at radius 2 is 2.17 bits per heavy atom. The van der Waals surface area contributed by atoms with Crippen LogP contribution in [-0.4, -0.2) is 34.5 Å². The van der Waals surface area contributed by atoms with Crippen molar-refractivity contribution in [3.05, 3.63) is 29.3 Å². The maximum atomic E-state index is 12.3. The number of aliphatic carboxylic acids is 1. The molecule has 0 saturated carbocycles. The van der Waals surface area contributed by atoms with Gasteiger partial charge in [0.05, 0.1) is 0 Å². The molecule has 1 aliphatic rings. The minimum Gasteiger partial charge on any atom is -0.480 e. The van der Waals surface area contributed by atoms with Gasteiger partial charge in [0, 0.05) is 17.8 Å². The van der Waals surface area contributed by atoms with Crippen LogP contribution in [0.5, 0.6) is 0 Å². The Balaban J connectivity index is 2.31. The van der Waals surface area contributed by atoms with Crippen LogP contribution in [-0.2, 0) is 4.79 Å². The zero-order valence-corrected chi connectivity index (χ0v) is 10.2. The van der Waals surface area contributed by atoms with Crippen LogP contribution in [0.1, 0.15) is 28.8 Å². The van der Waals surface area contributed by atoms with Crippen LogP contribution in [0.15, 0.2) is 18.2 Å². The second-order valence-corrected chi connectivity index (χ2v) is 4.51. The van der Waals surface area contributed by atoms with E-state index in [1.165, 1.54) is 4.90 Å². The zero-order valence-electron chi connectivity index (χ0n) is 10.2. The lowest BCUT2D eigenvalue weighted by Crippen LogP contribution is -2.40. The Bertz CT molecular complexity index is 499. The summed E-state index contributed by atoms with van der Waals surface area (Å²) in [6.45, 7) is 2.26. The molecule has 5 nitrogen and oxygen atoms in total. The van der Waals surface area contributed by atoms with Gasteiger partial charge in [-0.25, -0.2) is 4.79 Å². The molecule has 0 aliphatic carbocycles. The maximum Gasteiger partial charge on any atom is 0.326 e. The fraction of sp³-hybridized carbons (Fsp3) is 0.385. The van der Waals surface area contributed by atoms with Crippen molar-refractivity contribution >= 4 is 17.6 Å². The van der Waals surface area contributed by atoms with Gasteiger partial charge in [-0.05, 0) is 37.5 Å². The number of amides is 1. The standard InChI is InChI=1S/C13H16N2O3/c1-8-9(4-2-5-10(8)14)12(16)15-7-3-6-11(15)13(17)18/h2,4-5,11H,3,6-7,14H2,1H3,(H,17,18). The summed E-state index contributed by atoms with van der Waals surface area (Å²) in [5, 5.41) is 9.08. The highest BCUT2D eigenvalue weighted by molar-refractivity contribution is 5.99. The summed E-state index contributed by atoms with van der Waals surface area (Å²) in [7, 11) is 0. The third-order valence-corrected chi connectivity index (χ3v) is 3.40. The smallest absolute Gasteiger partial charge is 0.326 e. The Hall–Kier alpha value is -2.04. The molecule has 1 atom stereocenters. The highest BCUT2D eigenvalue weighted by Crippen LogP contribution is 2.23. The molecule has 0 spiro atoms. The molecule has 1 aromatic rings. The van der Waals surface area contributed by atoms with Crippen LogP contribution in [0.2, 0.25) is 0 Å². The molecule has 0 radical (unpaired) electrons. The fourth-order valence-electron chi connectivity index (χ4n) is 2.31. The molecule has 18 heavy (non-hydrogen) atoms.